The van der Waals surface area contributed by atoms with Crippen molar-refractivity contribution in [1.82, 2.24) is 9.97 Å². The molecule has 1 N–H and O–H groups in total. The van der Waals surface area contributed by atoms with E-state index >= 15 is 0 Å². The van der Waals surface area contributed by atoms with Gasteiger partial charge in [-0.3, -0.25) is 0 Å². The summed E-state index contributed by atoms with van der Waals surface area (Å²) in [4.78, 5) is 8.09. The van der Waals surface area contributed by atoms with E-state index in [4.69, 9.17) is 11.6 Å². The Labute approximate surface area is 120 Å². The van der Waals surface area contributed by atoms with Crippen LogP contribution in [0.4, 0.5) is 5.82 Å². The van der Waals surface area contributed by atoms with Crippen LogP contribution >= 0.6 is 39.3 Å². The molecule has 1 aromatic rings. The Morgan fingerprint density at radius 1 is 1.41 bits per heavy atom. The van der Waals surface area contributed by atoms with Gasteiger partial charge in [0.15, 0.2) is 0 Å². The molecule has 0 atom stereocenters. The Kier molecular flexibility index (Phi) is 6.03. The third kappa shape index (κ3) is 3.73. The first-order valence-electron chi connectivity index (χ1n) is 5.53. The van der Waals surface area contributed by atoms with Crippen molar-refractivity contribution in [2.24, 2.45) is 0 Å². The van der Waals surface area contributed by atoms with Gasteiger partial charge in [0.2, 0.25) is 0 Å². The summed E-state index contributed by atoms with van der Waals surface area (Å²) >= 11 is 11.2. The van der Waals surface area contributed by atoms with Crippen LogP contribution in [0.3, 0.4) is 0 Å². The number of nitrogens with one attached hydrogen (secondary N) is 1. The van der Waals surface area contributed by atoms with E-state index in [9.17, 15) is 0 Å². The van der Waals surface area contributed by atoms with Gasteiger partial charge in [0.1, 0.15) is 17.3 Å². The zero-order valence-electron chi connectivity index (χ0n) is 10.3. The van der Waals surface area contributed by atoms with Gasteiger partial charge in [0, 0.05) is 11.3 Å². The highest BCUT2D eigenvalue weighted by Crippen LogP contribution is 2.32. The first kappa shape index (κ1) is 15.1. The Morgan fingerprint density at radius 3 is 2.59 bits per heavy atom. The van der Waals surface area contributed by atoms with Gasteiger partial charge >= 0.3 is 0 Å². The maximum atomic E-state index is 5.92. The Hall–Kier alpha value is -0.000000000000000222. The first-order chi connectivity index (χ1) is 8.08. The topological polar surface area (TPSA) is 37.8 Å². The van der Waals surface area contributed by atoms with Crippen LogP contribution in [0.1, 0.15) is 26.7 Å². The van der Waals surface area contributed by atoms with Crippen molar-refractivity contribution in [3.63, 3.8) is 0 Å². The van der Waals surface area contributed by atoms with Crippen molar-refractivity contribution in [2.75, 3.05) is 18.1 Å². The summed E-state index contributed by atoms with van der Waals surface area (Å²) in [5.74, 6) is 0.755. The quantitative estimate of drug-likeness (QED) is 0.788. The maximum absolute atomic E-state index is 5.92. The molecule has 0 aromatic carbocycles. The Bertz CT molecular complexity index is 363. The van der Waals surface area contributed by atoms with Crippen molar-refractivity contribution in [2.45, 2.75) is 31.4 Å². The van der Waals surface area contributed by atoms with Crippen LogP contribution in [-0.4, -0.2) is 27.5 Å². The summed E-state index contributed by atoms with van der Waals surface area (Å²) in [7, 11) is 0. The summed E-state index contributed by atoms with van der Waals surface area (Å²) < 4.78 is 0.973. The molecule has 0 unspecified atom stereocenters. The zero-order chi connectivity index (χ0) is 12.9. The van der Waals surface area contributed by atoms with E-state index in [0.29, 0.717) is 5.15 Å². The second-order valence-electron chi connectivity index (χ2n) is 3.77. The average molecular weight is 339 g/mol. The second kappa shape index (κ2) is 6.81. The zero-order valence-corrected chi connectivity index (χ0v) is 13.4. The molecule has 0 radical (unpaired) electrons. The van der Waals surface area contributed by atoms with Gasteiger partial charge in [-0.15, -0.1) is 0 Å². The largest absolute Gasteiger partial charge is 0.368 e. The maximum Gasteiger partial charge on any atom is 0.148 e. The first-order valence-corrected chi connectivity index (χ1v) is 7.93. The highest BCUT2D eigenvalue weighted by Gasteiger charge is 2.25. The summed E-state index contributed by atoms with van der Waals surface area (Å²) in [6.07, 6.45) is 5.85. The molecule has 0 aliphatic carbocycles. The van der Waals surface area contributed by atoms with E-state index < -0.39 is 0 Å². The third-order valence-corrected chi connectivity index (χ3v) is 5.90. The van der Waals surface area contributed by atoms with E-state index in [1.165, 1.54) is 6.33 Å². The summed E-state index contributed by atoms with van der Waals surface area (Å²) in [5, 5.41) is 3.78. The number of halogens is 2. The molecule has 0 spiro atoms. The smallest absolute Gasteiger partial charge is 0.148 e. The standard InChI is InChI=1S/C11H17BrClN3S/c1-4-11(5-2,17-3)6-14-10-8(12)9(13)15-7-16-10/h7H,4-6H2,1-3H3,(H,14,15,16). The highest BCUT2D eigenvalue weighted by molar-refractivity contribution is 9.10. The SMILES string of the molecule is CCC(CC)(CNc1ncnc(Cl)c1Br)SC. The van der Waals surface area contributed by atoms with Crippen molar-refractivity contribution in [3.05, 3.63) is 16.0 Å². The molecule has 6 heteroatoms. The number of hydrogen-bond acceptors (Lipinski definition) is 4. The molecule has 0 bridgehead atoms. The van der Waals surface area contributed by atoms with Gasteiger partial charge in [-0.05, 0) is 35.0 Å². The number of nitrogens with zero attached hydrogens (tertiary/aromatic N) is 2. The minimum absolute atomic E-state index is 0.247. The fourth-order valence-electron chi connectivity index (χ4n) is 1.58. The fourth-order valence-corrected chi connectivity index (χ4v) is 2.85. The van der Waals surface area contributed by atoms with Crippen molar-refractivity contribution in [1.29, 1.82) is 0 Å². The molecule has 0 aliphatic rings. The number of rotatable bonds is 6. The number of aromatic nitrogens is 2. The lowest BCUT2D eigenvalue weighted by molar-refractivity contribution is 0.573. The van der Waals surface area contributed by atoms with Gasteiger partial charge in [-0.1, -0.05) is 25.4 Å². The third-order valence-electron chi connectivity index (χ3n) is 3.05. The van der Waals surface area contributed by atoms with Gasteiger partial charge < -0.3 is 5.32 Å². The number of anilines is 1. The molecule has 1 heterocycles. The van der Waals surface area contributed by atoms with E-state index in [0.717, 1.165) is 29.7 Å². The molecule has 0 saturated carbocycles. The Balaban J connectivity index is 2.75. The summed E-state index contributed by atoms with van der Waals surface area (Å²) in [6.45, 7) is 5.29. The van der Waals surface area contributed by atoms with Crippen LogP contribution in [0.25, 0.3) is 0 Å². The van der Waals surface area contributed by atoms with Crippen molar-refractivity contribution < 1.29 is 0 Å². The lowest BCUT2D eigenvalue weighted by Gasteiger charge is -2.30. The average Bonchev–Trinajstić information content (AvgIpc) is 2.36. The minimum atomic E-state index is 0.247. The molecule has 0 fully saturated rings. The van der Waals surface area contributed by atoms with Gasteiger partial charge in [-0.2, -0.15) is 11.8 Å². The van der Waals surface area contributed by atoms with Crippen LogP contribution in [0.2, 0.25) is 5.15 Å². The lowest BCUT2D eigenvalue weighted by Crippen LogP contribution is -2.32. The van der Waals surface area contributed by atoms with E-state index in [1.807, 2.05) is 11.8 Å². The van der Waals surface area contributed by atoms with Gasteiger partial charge in [-0.25, -0.2) is 9.97 Å². The lowest BCUT2D eigenvalue weighted by atomic mass is 10.0. The van der Waals surface area contributed by atoms with Crippen molar-refractivity contribution >= 4 is 45.1 Å². The van der Waals surface area contributed by atoms with Crippen LogP contribution in [0.5, 0.6) is 0 Å². The van der Waals surface area contributed by atoms with Crippen LogP contribution in [0, 0.1) is 0 Å². The van der Waals surface area contributed by atoms with Crippen LogP contribution < -0.4 is 5.32 Å². The van der Waals surface area contributed by atoms with E-state index in [1.54, 1.807) is 0 Å². The van der Waals surface area contributed by atoms with E-state index in [-0.39, 0.29) is 4.75 Å². The Morgan fingerprint density at radius 2 is 2.06 bits per heavy atom. The van der Waals surface area contributed by atoms with Crippen LogP contribution in [0.15, 0.2) is 10.8 Å². The molecule has 1 aromatic heterocycles. The molecule has 0 saturated heterocycles. The van der Waals surface area contributed by atoms with E-state index in [2.05, 4.69) is 51.3 Å². The molecule has 0 amide bonds. The minimum Gasteiger partial charge on any atom is -0.368 e. The molecule has 3 nitrogen and oxygen atoms in total. The predicted molar refractivity (Wildman–Crippen MR) is 80.1 cm³/mol. The highest BCUT2D eigenvalue weighted by atomic mass is 79.9. The predicted octanol–water partition coefficient (Wildman–Crippen LogP) is 4.23. The van der Waals surface area contributed by atoms with Gasteiger partial charge in [0.05, 0.1) is 4.47 Å². The molecular formula is C11H17BrClN3S. The molecule has 0 aliphatic heterocycles. The molecule has 1 rings (SSSR count). The van der Waals surface area contributed by atoms with Crippen LogP contribution in [-0.2, 0) is 0 Å². The normalized spacial score (nSPS) is 11.6. The number of hydrogen-bond donors (Lipinski definition) is 1. The summed E-state index contributed by atoms with van der Waals surface area (Å²) in [5.41, 5.74) is 0. The van der Waals surface area contributed by atoms with Crippen molar-refractivity contribution in [3.8, 4) is 0 Å². The second-order valence-corrected chi connectivity index (χ2v) is 6.20. The molecular weight excluding hydrogens is 322 g/mol. The molecule has 17 heavy (non-hydrogen) atoms. The monoisotopic (exact) mass is 337 g/mol. The molecule has 96 valence electrons. The van der Waals surface area contributed by atoms with Gasteiger partial charge in [0.25, 0.3) is 0 Å². The number of thioether (sulfide) groups is 1. The fraction of sp³-hybridized carbons (Fsp3) is 0.636. The summed E-state index contributed by atoms with van der Waals surface area (Å²) in [6, 6.07) is 0.